The summed E-state index contributed by atoms with van der Waals surface area (Å²) in [6.07, 6.45) is 3.50. The van der Waals surface area contributed by atoms with Crippen LogP contribution in [0.25, 0.3) is 0 Å². The first-order valence-electron chi connectivity index (χ1n) is 5.92. The number of hydrogen-bond donors (Lipinski definition) is 1. The molecule has 0 aromatic heterocycles. The summed E-state index contributed by atoms with van der Waals surface area (Å²) in [6.45, 7) is 2.12. The molecule has 16 heavy (non-hydrogen) atoms. The molecule has 5 nitrogen and oxygen atoms in total. The number of rotatable bonds is 5. The Labute approximate surface area is 95.8 Å². The Hall–Kier alpha value is -1.10. The number of carbonyl (C=O) groups is 2. The van der Waals surface area contributed by atoms with Crippen molar-refractivity contribution < 1.29 is 9.59 Å². The molecule has 1 saturated heterocycles. The second-order valence-electron chi connectivity index (χ2n) is 4.65. The minimum absolute atomic E-state index is 0.0368. The highest BCUT2D eigenvalue weighted by atomic mass is 16.2. The Morgan fingerprint density at radius 2 is 2.00 bits per heavy atom. The summed E-state index contributed by atoms with van der Waals surface area (Å²) in [5.74, 6) is 0.100. The maximum Gasteiger partial charge on any atom is 0.242 e. The molecule has 0 spiro atoms. The van der Waals surface area contributed by atoms with Crippen LogP contribution in [0.15, 0.2) is 0 Å². The maximum absolute atomic E-state index is 11.6. The van der Waals surface area contributed by atoms with Gasteiger partial charge in [0.25, 0.3) is 0 Å². The molecule has 2 fully saturated rings. The normalized spacial score (nSPS) is 21.8. The lowest BCUT2D eigenvalue weighted by molar-refractivity contribution is -0.148. The van der Waals surface area contributed by atoms with E-state index in [1.54, 1.807) is 11.9 Å². The highest BCUT2D eigenvalue weighted by molar-refractivity contribution is 5.92. The van der Waals surface area contributed by atoms with Crippen molar-refractivity contribution >= 4 is 11.8 Å². The van der Waals surface area contributed by atoms with Gasteiger partial charge in [-0.05, 0) is 25.8 Å². The lowest BCUT2D eigenvalue weighted by atomic mass is 10.3. The molecule has 2 amide bonds. The third-order valence-corrected chi connectivity index (χ3v) is 3.09. The van der Waals surface area contributed by atoms with Crippen LogP contribution < -0.4 is 5.32 Å². The molecule has 5 heteroatoms. The fourth-order valence-electron chi connectivity index (χ4n) is 1.83. The van der Waals surface area contributed by atoms with E-state index < -0.39 is 0 Å². The first-order valence-corrected chi connectivity index (χ1v) is 5.92. The van der Waals surface area contributed by atoms with E-state index in [1.165, 1.54) is 17.7 Å². The lowest BCUT2D eigenvalue weighted by Gasteiger charge is -2.31. The first-order chi connectivity index (χ1) is 7.66. The van der Waals surface area contributed by atoms with Gasteiger partial charge in [0.05, 0.1) is 13.1 Å². The topological polar surface area (TPSA) is 52.7 Å². The van der Waals surface area contributed by atoms with E-state index in [0.717, 1.165) is 13.0 Å². The van der Waals surface area contributed by atoms with Crippen molar-refractivity contribution in [2.45, 2.75) is 25.3 Å². The molecule has 1 heterocycles. The summed E-state index contributed by atoms with van der Waals surface area (Å²) in [7, 11) is 1.67. The maximum atomic E-state index is 11.6. The summed E-state index contributed by atoms with van der Waals surface area (Å²) in [4.78, 5) is 26.2. The zero-order valence-corrected chi connectivity index (χ0v) is 9.74. The van der Waals surface area contributed by atoms with Crippen LogP contribution in [0.4, 0.5) is 0 Å². The van der Waals surface area contributed by atoms with E-state index in [4.69, 9.17) is 0 Å². The summed E-state index contributed by atoms with van der Waals surface area (Å²) < 4.78 is 0. The molecular weight excluding hydrogens is 206 g/mol. The molecule has 0 radical (unpaired) electrons. The molecule has 1 saturated carbocycles. The minimum Gasteiger partial charge on any atom is -0.335 e. The molecule has 0 unspecified atom stereocenters. The quantitative estimate of drug-likeness (QED) is 0.637. The van der Waals surface area contributed by atoms with Crippen LogP contribution in [0.3, 0.4) is 0 Å². The molecule has 0 atom stereocenters. The Morgan fingerprint density at radius 3 is 2.69 bits per heavy atom. The van der Waals surface area contributed by atoms with Crippen LogP contribution in [0, 0.1) is 0 Å². The van der Waals surface area contributed by atoms with Crippen molar-refractivity contribution in [1.29, 1.82) is 0 Å². The monoisotopic (exact) mass is 225 g/mol. The van der Waals surface area contributed by atoms with Gasteiger partial charge in [-0.25, -0.2) is 0 Å². The van der Waals surface area contributed by atoms with Gasteiger partial charge in [0.2, 0.25) is 11.8 Å². The van der Waals surface area contributed by atoms with Crippen LogP contribution in [0.2, 0.25) is 0 Å². The molecule has 0 bridgehead atoms. The van der Waals surface area contributed by atoms with Crippen LogP contribution >= 0.6 is 0 Å². The third kappa shape index (κ3) is 2.95. The Kier molecular flexibility index (Phi) is 3.43. The largest absolute Gasteiger partial charge is 0.335 e. The van der Waals surface area contributed by atoms with Crippen molar-refractivity contribution in [1.82, 2.24) is 15.1 Å². The number of likely N-dealkylation sites (N-methyl/N-ethyl adjacent to an activating group) is 1. The van der Waals surface area contributed by atoms with E-state index in [-0.39, 0.29) is 24.9 Å². The van der Waals surface area contributed by atoms with E-state index >= 15 is 0 Å². The van der Waals surface area contributed by atoms with Crippen LogP contribution in [-0.2, 0) is 9.59 Å². The average molecular weight is 225 g/mol. The number of carbonyl (C=O) groups excluding carboxylic acids is 2. The van der Waals surface area contributed by atoms with Gasteiger partial charge in [-0.1, -0.05) is 0 Å². The van der Waals surface area contributed by atoms with E-state index in [2.05, 4.69) is 5.32 Å². The van der Waals surface area contributed by atoms with Gasteiger partial charge in [-0.15, -0.1) is 0 Å². The molecule has 1 aliphatic heterocycles. The summed E-state index contributed by atoms with van der Waals surface area (Å²) in [6, 6.07) is 0.713. The molecule has 2 aliphatic rings. The first kappa shape index (κ1) is 11.4. The van der Waals surface area contributed by atoms with Crippen molar-refractivity contribution in [3.8, 4) is 0 Å². The summed E-state index contributed by atoms with van der Waals surface area (Å²) in [5.41, 5.74) is 0. The molecular formula is C11H19N3O2. The van der Waals surface area contributed by atoms with Gasteiger partial charge < -0.3 is 15.1 Å². The van der Waals surface area contributed by atoms with Crippen LogP contribution in [0.5, 0.6) is 0 Å². The standard InChI is InChI=1S/C11H19N3O2/c1-13-7-11(16)14(8-10(13)15)6-2-5-12-9-3-4-9/h9,12H,2-8H2,1H3. The Balaban J connectivity index is 1.67. The fraction of sp³-hybridized carbons (Fsp3) is 0.818. The molecule has 1 aliphatic carbocycles. The fourth-order valence-corrected chi connectivity index (χ4v) is 1.83. The predicted molar refractivity (Wildman–Crippen MR) is 59.9 cm³/mol. The van der Waals surface area contributed by atoms with Gasteiger partial charge in [-0.2, -0.15) is 0 Å². The van der Waals surface area contributed by atoms with Gasteiger partial charge >= 0.3 is 0 Å². The van der Waals surface area contributed by atoms with Crippen molar-refractivity contribution in [2.75, 3.05) is 33.2 Å². The number of nitrogens with one attached hydrogen (secondary N) is 1. The Bertz CT molecular complexity index is 289. The lowest BCUT2D eigenvalue weighted by Crippen LogP contribution is -2.52. The highest BCUT2D eigenvalue weighted by Crippen LogP contribution is 2.18. The van der Waals surface area contributed by atoms with Gasteiger partial charge in [0, 0.05) is 19.6 Å². The van der Waals surface area contributed by atoms with E-state index in [1.807, 2.05) is 0 Å². The third-order valence-electron chi connectivity index (χ3n) is 3.09. The van der Waals surface area contributed by atoms with Crippen LogP contribution in [0.1, 0.15) is 19.3 Å². The molecule has 2 rings (SSSR count). The molecule has 0 aromatic rings. The van der Waals surface area contributed by atoms with Gasteiger partial charge in [-0.3, -0.25) is 9.59 Å². The van der Waals surface area contributed by atoms with Crippen LogP contribution in [-0.4, -0.2) is 60.9 Å². The zero-order valence-electron chi connectivity index (χ0n) is 9.74. The Morgan fingerprint density at radius 1 is 1.25 bits per heavy atom. The van der Waals surface area contributed by atoms with Crippen molar-refractivity contribution in [3.05, 3.63) is 0 Å². The number of amides is 2. The highest BCUT2D eigenvalue weighted by Gasteiger charge is 2.27. The average Bonchev–Trinajstić information content (AvgIpc) is 3.04. The summed E-state index contributed by atoms with van der Waals surface area (Å²) >= 11 is 0. The predicted octanol–water partition coefficient (Wildman–Crippen LogP) is -0.571. The van der Waals surface area contributed by atoms with Gasteiger partial charge in [0.15, 0.2) is 0 Å². The number of hydrogen-bond acceptors (Lipinski definition) is 3. The number of nitrogens with zero attached hydrogens (tertiary/aromatic N) is 2. The second kappa shape index (κ2) is 4.82. The molecule has 1 N–H and O–H groups in total. The second-order valence-corrected chi connectivity index (χ2v) is 4.65. The van der Waals surface area contributed by atoms with Crippen molar-refractivity contribution in [3.63, 3.8) is 0 Å². The number of piperazine rings is 1. The van der Waals surface area contributed by atoms with Crippen molar-refractivity contribution in [2.24, 2.45) is 0 Å². The summed E-state index contributed by atoms with van der Waals surface area (Å²) in [5, 5.41) is 3.40. The minimum atomic E-state index is 0.0368. The zero-order chi connectivity index (χ0) is 11.5. The van der Waals surface area contributed by atoms with E-state index in [0.29, 0.717) is 12.6 Å². The molecule has 90 valence electrons. The SMILES string of the molecule is CN1CC(=O)N(CCCNC2CC2)CC1=O. The smallest absolute Gasteiger partial charge is 0.242 e. The van der Waals surface area contributed by atoms with E-state index in [9.17, 15) is 9.59 Å². The molecule has 0 aromatic carbocycles. The van der Waals surface area contributed by atoms with Gasteiger partial charge in [0.1, 0.15) is 0 Å².